The van der Waals surface area contributed by atoms with Crippen LogP contribution in [-0.4, -0.2) is 38.5 Å². The number of aliphatic hydroxyl groups excluding tert-OH is 2. The molecule has 0 amide bonds. The molecule has 1 aromatic heterocycles. The number of hydrogen-bond donors (Lipinski definition) is 2. The second-order valence-corrected chi connectivity index (χ2v) is 4.64. The van der Waals surface area contributed by atoms with Gasteiger partial charge in [-0.15, -0.1) is 0 Å². The molecule has 0 aliphatic rings. The Kier molecular flexibility index (Phi) is 5.27. The molecule has 0 fully saturated rings. The lowest BCUT2D eigenvalue weighted by molar-refractivity contribution is -0.109. The van der Waals surface area contributed by atoms with Gasteiger partial charge >= 0.3 is 0 Å². The average molecular weight is 255 g/mol. The molecule has 0 saturated heterocycles. The molecule has 6 heteroatoms. The standard InChI is InChI=1S/C11H13NO4S/c1-7(14)17-6-10(15)11(16)9-4-8(5-13)2-3-12-9/h2-5,10-11,15-16H,6H2,1H3. The molecule has 0 spiro atoms. The van der Waals surface area contributed by atoms with Gasteiger partial charge in [-0.1, -0.05) is 11.8 Å². The fourth-order valence-corrected chi connectivity index (χ4v) is 1.78. The van der Waals surface area contributed by atoms with Crippen LogP contribution in [0.4, 0.5) is 0 Å². The van der Waals surface area contributed by atoms with E-state index in [-0.39, 0.29) is 16.6 Å². The van der Waals surface area contributed by atoms with Gasteiger partial charge in [0.05, 0.1) is 11.8 Å². The number of carbonyl (C=O) groups excluding carboxylic acids is 2. The zero-order valence-electron chi connectivity index (χ0n) is 9.24. The minimum Gasteiger partial charge on any atom is -0.389 e. The predicted molar refractivity (Wildman–Crippen MR) is 63.7 cm³/mol. The second kappa shape index (κ2) is 6.48. The zero-order chi connectivity index (χ0) is 12.8. The lowest BCUT2D eigenvalue weighted by Gasteiger charge is -2.16. The third kappa shape index (κ3) is 4.26. The summed E-state index contributed by atoms with van der Waals surface area (Å²) < 4.78 is 0. The van der Waals surface area contributed by atoms with Crippen molar-refractivity contribution in [1.82, 2.24) is 4.98 Å². The van der Waals surface area contributed by atoms with E-state index in [0.717, 1.165) is 11.8 Å². The Bertz CT molecular complexity index is 410. The second-order valence-electron chi connectivity index (χ2n) is 3.45. The van der Waals surface area contributed by atoms with Crippen LogP contribution in [0.2, 0.25) is 0 Å². The van der Waals surface area contributed by atoms with Gasteiger partial charge in [0, 0.05) is 24.4 Å². The predicted octanol–water partition coefficient (Wildman–Crippen LogP) is 0.568. The summed E-state index contributed by atoms with van der Waals surface area (Å²) >= 11 is 0.926. The van der Waals surface area contributed by atoms with Gasteiger partial charge in [0.1, 0.15) is 12.4 Å². The molecule has 92 valence electrons. The summed E-state index contributed by atoms with van der Waals surface area (Å²) in [6.45, 7) is 1.38. The van der Waals surface area contributed by atoms with Crippen LogP contribution >= 0.6 is 11.8 Å². The largest absolute Gasteiger partial charge is 0.389 e. The normalized spacial score (nSPS) is 14.1. The molecule has 0 bridgehead atoms. The molecule has 0 aliphatic heterocycles. The van der Waals surface area contributed by atoms with Gasteiger partial charge in [0.15, 0.2) is 5.12 Å². The number of rotatable bonds is 5. The molecule has 0 radical (unpaired) electrons. The summed E-state index contributed by atoms with van der Waals surface area (Å²) in [6, 6.07) is 2.90. The van der Waals surface area contributed by atoms with Crippen LogP contribution in [-0.2, 0) is 4.79 Å². The van der Waals surface area contributed by atoms with Gasteiger partial charge in [-0.2, -0.15) is 0 Å². The van der Waals surface area contributed by atoms with Crippen LogP contribution in [0.3, 0.4) is 0 Å². The van der Waals surface area contributed by atoms with Crippen LogP contribution in [0.5, 0.6) is 0 Å². The maximum atomic E-state index is 10.7. The number of aromatic nitrogens is 1. The highest BCUT2D eigenvalue weighted by Gasteiger charge is 2.20. The Morgan fingerprint density at radius 1 is 1.59 bits per heavy atom. The summed E-state index contributed by atoms with van der Waals surface area (Å²) in [6.07, 6.45) is -0.290. The molecule has 2 unspecified atom stereocenters. The van der Waals surface area contributed by atoms with Crippen molar-refractivity contribution in [1.29, 1.82) is 0 Å². The lowest BCUT2D eigenvalue weighted by atomic mass is 10.1. The molecule has 1 aromatic rings. The number of nitrogens with zero attached hydrogens (tertiary/aromatic N) is 1. The van der Waals surface area contributed by atoms with Crippen molar-refractivity contribution in [2.75, 3.05) is 5.75 Å². The van der Waals surface area contributed by atoms with Gasteiger partial charge in [0.25, 0.3) is 0 Å². The topological polar surface area (TPSA) is 87.5 Å². The number of hydrogen-bond acceptors (Lipinski definition) is 6. The number of aliphatic hydroxyl groups is 2. The van der Waals surface area contributed by atoms with Crippen LogP contribution in [0, 0.1) is 0 Å². The molecule has 17 heavy (non-hydrogen) atoms. The van der Waals surface area contributed by atoms with E-state index in [2.05, 4.69) is 4.98 Å². The summed E-state index contributed by atoms with van der Waals surface area (Å²) in [7, 11) is 0. The summed E-state index contributed by atoms with van der Waals surface area (Å²) in [4.78, 5) is 25.1. The SMILES string of the molecule is CC(=O)SCC(O)C(O)c1cc(C=O)ccn1. The van der Waals surface area contributed by atoms with Crippen molar-refractivity contribution in [3.63, 3.8) is 0 Å². The fraction of sp³-hybridized carbons (Fsp3) is 0.364. The summed E-state index contributed by atoms with van der Waals surface area (Å²) in [5, 5.41) is 19.3. The van der Waals surface area contributed by atoms with Gasteiger partial charge in [-0.3, -0.25) is 14.6 Å². The zero-order valence-corrected chi connectivity index (χ0v) is 10.1. The van der Waals surface area contributed by atoms with Gasteiger partial charge in [-0.25, -0.2) is 0 Å². The Balaban J connectivity index is 2.70. The van der Waals surface area contributed by atoms with Crippen LogP contribution in [0.25, 0.3) is 0 Å². The van der Waals surface area contributed by atoms with E-state index in [0.29, 0.717) is 11.8 Å². The van der Waals surface area contributed by atoms with E-state index in [4.69, 9.17) is 0 Å². The van der Waals surface area contributed by atoms with Gasteiger partial charge in [-0.05, 0) is 12.1 Å². The maximum absolute atomic E-state index is 10.7. The molecule has 0 saturated carbocycles. The molecule has 2 N–H and O–H groups in total. The van der Waals surface area contributed by atoms with E-state index in [1.54, 1.807) is 0 Å². The summed E-state index contributed by atoms with van der Waals surface area (Å²) in [5.41, 5.74) is 0.590. The van der Waals surface area contributed by atoms with Crippen molar-refractivity contribution in [3.05, 3.63) is 29.6 Å². The molecule has 2 atom stereocenters. The van der Waals surface area contributed by atoms with E-state index in [1.807, 2.05) is 0 Å². The van der Waals surface area contributed by atoms with Crippen molar-refractivity contribution in [2.45, 2.75) is 19.1 Å². The molecule has 1 rings (SSSR count). The monoisotopic (exact) mass is 255 g/mol. The van der Waals surface area contributed by atoms with E-state index in [9.17, 15) is 19.8 Å². The highest BCUT2D eigenvalue weighted by Crippen LogP contribution is 2.18. The van der Waals surface area contributed by atoms with Crippen molar-refractivity contribution < 1.29 is 19.8 Å². The minimum absolute atomic E-state index is 0.0868. The average Bonchev–Trinajstić information content (AvgIpc) is 2.35. The molecule has 5 nitrogen and oxygen atoms in total. The Hall–Kier alpha value is -1.24. The molecule has 0 aromatic carbocycles. The highest BCUT2D eigenvalue weighted by molar-refractivity contribution is 8.13. The smallest absolute Gasteiger partial charge is 0.185 e. The molecular weight excluding hydrogens is 242 g/mol. The first-order chi connectivity index (χ1) is 8.04. The van der Waals surface area contributed by atoms with Gasteiger partial charge in [0.2, 0.25) is 0 Å². The Morgan fingerprint density at radius 3 is 2.88 bits per heavy atom. The highest BCUT2D eigenvalue weighted by atomic mass is 32.2. The number of thioether (sulfide) groups is 1. The molecular formula is C11H13NO4S. The van der Waals surface area contributed by atoms with Crippen LogP contribution < -0.4 is 0 Å². The lowest BCUT2D eigenvalue weighted by Crippen LogP contribution is -2.22. The molecule has 0 aliphatic carbocycles. The summed E-state index contributed by atoms with van der Waals surface area (Å²) in [5.74, 6) is 0.0868. The fourth-order valence-electron chi connectivity index (χ4n) is 1.19. The third-order valence-electron chi connectivity index (χ3n) is 2.07. The molecule has 1 heterocycles. The van der Waals surface area contributed by atoms with E-state index in [1.165, 1.54) is 25.3 Å². The van der Waals surface area contributed by atoms with Gasteiger partial charge < -0.3 is 10.2 Å². The van der Waals surface area contributed by atoms with Crippen LogP contribution in [0.15, 0.2) is 18.3 Å². The van der Waals surface area contributed by atoms with E-state index < -0.39 is 12.2 Å². The quantitative estimate of drug-likeness (QED) is 0.748. The number of pyridine rings is 1. The van der Waals surface area contributed by atoms with Crippen molar-refractivity contribution in [2.24, 2.45) is 0 Å². The first kappa shape index (κ1) is 13.8. The minimum atomic E-state index is -1.21. The first-order valence-electron chi connectivity index (χ1n) is 4.95. The first-order valence-corrected chi connectivity index (χ1v) is 5.93. The number of aldehydes is 1. The third-order valence-corrected chi connectivity index (χ3v) is 2.98. The Morgan fingerprint density at radius 2 is 2.29 bits per heavy atom. The maximum Gasteiger partial charge on any atom is 0.185 e. The van der Waals surface area contributed by atoms with E-state index >= 15 is 0 Å². The Labute approximate surface area is 103 Å². The van der Waals surface area contributed by atoms with Crippen molar-refractivity contribution in [3.8, 4) is 0 Å². The van der Waals surface area contributed by atoms with Crippen molar-refractivity contribution >= 4 is 23.2 Å². The van der Waals surface area contributed by atoms with Crippen LogP contribution in [0.1, 0.15) is 29.1 Å². The number of carbonyl (C=O) groups is 2.